The fourth-order valence-corrected chi connectivity index (χ4v) is 2.82. The van der Waals surface area contributed by atoms with Gasteiger partial charge in [-0.2, -0.15) is 0 Å². The monoisotopic (exact) mass is 294 g/mol. The minimum atomic E-state index is -1.02. The van der Waals surface area contributed by atoms with Crippen molar-refractivity contribution < 1.29 is 9.50 Å². The van der Waals surface area contributed by atoms with E-state index in [9.17, 15) is 9.50 Å². The number of hydrogen-bond donors (Lipinski definition) is 1. The second-order valence-corrected chi connectivity index (χ2v) is 5.82. The second-order valence-electron chi connectivity index (χ2n) is 4.81. The number of unbranched alkanes of at least 4 members (excludes halogenated alkanes) is 3. The van der Waals surface area contributed by atoms with Crippen LogP contribution in [-0.4, -0.2) is 15.3 Å². The van der Waals surface area contributed by atoms with Crippen molar-refractivity contribution >= 4 is 11.3 Å². The Labute approximate surface area is 122 Å². The lowest BCUT2D eigenvalue weighted by Crippen LogP contribution is -1.91. The Balaban J connectivity index is 1.96. The number of rotatable bonds is 7. The Morgan fingerprint density at radius 3 is 2.60 bits per heavy atom. The van der Waals surface area contributed by atoms with Gasteiger partial charge in [0.05, 0.1) is 0 Å². The van der Waals surface area contributed by atoms with Crippen LogP contribution >= 0.6 is 11.3 Å². The molecule has 1 N–H and O–H groups in total. The molecule has 0 aliphatic heterocycles. The molecule has 0 amide bonds. The molecule has 20 heavy (non-hydrogen) atoms. The smallest absolute Gasteiger partial charge is 0.153 e. The predicted molar refractivity (Wildman–Crippen MR) is 79.6 cm³/mol. The standard InChI is InChI=1S/C15H19FN2OS/c1-2-3-4-5-6-13(16)15-18-17-14(20-15)11-7-9-12(19)10-8-11/h7-10,13,19H,2-6H2,1H3. The van der Waals surface area contributed by atoms with Crippen molar-refractivity contribution in [3.8, 4) is 16.3 Å². The van der Waals surface area contributed by atoms with Crippen molar-refractivity contribution in [1.82, 2.24) is 10.2 Å². The zero-order valence-electron chi connectivity index (χ0n) is 11.6. The van der Waals surface area contributed by atoms with Crippen molar-refractivity contribution in [2.24, 2.45) is 0 Å². The van der Waals surface area contributed by atoms with Gasteiger partial charge in [0, 0.05) is 5.56 Å². The van der Waals surface area contributed by atoms with Crippen LogP contribution in [0, 0.1) is 0 Å². The maximum Gasteiger partial charge on any atom is 0.153 e. The van der Waals surface area contributed by atoms with Crippen LogP contribution in [0.25, 0.3) is 10.6 Å². The van der Waals surface area contributed by atoms with Gasteiger partial charge in [-0.15, -0.1) is 10.2 Å². The first-order chi connectivity index (χ1) is 9.70. The molecule has 1 aromatic carbocycles. The van der Waals surface area contributed by atoms with E-state index in [0.717, 1.165) is 31.2 Å². The molecule has 1 heterocycles. The predicted octanol–water partition coefficient (Wildman–Crippen LogP) is 4.89. The maximum absolute atomic E-state index is 14.0. The summed E-state index contributed by atoms with van der Waals surface area (Å²) in [7, 11) is 0. The summed E-state index contributed by atoms with van der Waals surface area (Å²) in [5.74, 6) is 0.206. The highest BCUT2D eigenvalue weighted by Gasteiger charge is 2.16. The van der Waals surface area contributed by atoms with Crippen LogP contribution in [-0.2, 0) is 0 Å². The fraction of sp³-hybridized carbons (Fsp3) is 0.467. The van der Waals surface area contributed by atoms with Gasteiger partial charge in [0.15, 0.2) is 11.2 Å². The van der Waals surface area contributed by atoms with E-state index in [0.29, 0.717) is 16.4 Å². The Hall–Kier alpha value is -1.49. The minimum absolute atomic E-state index is 0.206. The van der Waals surface area contributed by atoms with Crippen LogP contribution in [0.3, 0.4) is 0 Å². The quantitative estimate of drug-likeness (QED) is 0.739. The van der Waals surface area contributed by atoms with Crippen molar-refractivity contribution in [3.05, 3.63) is 29.3 Å². The third kappa shape index (κ3) is 4.00. The molecule has 2 aromatic rings. The van der Waals surface area contributed by atoms with Crippen LogP contribution in [0.1, 0.15) is 50.2 Å². The Bertz CT molecular complexity index is 527. The normalized spacial score (nSPS) is 12.5. The summed E-state index contributed by atoms with van der Waals surface area (Å²) in [5, 5.41) is 18.4. The average molecular weight is 294 g/mol. The number of alkyl halides is 1. The molecule has 0 aliphatic carbocycles. The first kappa shape index (κ1) is 14.9. The molecule has 0 radical (unpaired) electrons. The van der Waals surface area contributed by atoms with E-state index in [4.69, 9.17) is 0 Å². The molecule has 1 aromatic heterocycles. The maximum atomic E-state index is 14.0. The fourth-order valence-electron chi connectivity index (χ4n) is 1.96. The van der Waals surface area contributed by atoms with Crippen molar-refractivity contribution in [2.45, 2.75) is 45.2 Å². The summed E-state index contributed by atoms with van der Waals surface area (Å²) in [5.41, 5.74) is 0.852. The van der Waals surface area contributed by atoms with Gasteiger partial charge < -0.3 is 5.11 Å². The molecular formula is C15H19FN2OS. The lowest BCUT2D eigenvalue weighted by Gasteiger charge is -2.03. The van der Waals surface area contributed by atoms with Gasteiger partial charge in [-0.05, 0) is 30.7 Å². The van der Waals surface area contributed by atoms with Crippen LogP contribution in [0.15, 0.2) is 24.3 Å². The van der Waals surface area contributed by atoms with Crippen molar-refractivity contribution in [2.75, 3.05) is 0 Å². The van der Waals surface area contributed by atoms with E-state index in [1.165, 1.54) is 11.3 Å². The van der Waals surface area contributed by atoms with Gasteiger partial charge in [-0.1, -0.05) is 43.9 Å². The lowest BCUT2D eigenvalue weighted by molar-refractivity contribution is 0.310. The van der Waals surface area contributed by atoms with Gasteiger partial charge in [0.1, 0.15) is 10.8 Å². The molecular weight excluding hydrogens is 275 g/mol. The molecule has 5 heteroatoms. The summed E-state index contributed by atoms with van der Waals surface area (Å²) in [4.78, 5) is 0. The van der Waals surface area contributed by atoms with Gasteiger partial charge in [0.2, 0.25) is 0 Å². The van der Waals surface area contributed by atoms with Crippen LogP contribution in [0.2, 0.25) is 0 Å². The highest BCUT2D eigenvalue weighted by atomic mass is 32.1. The van der Waals surface area contributed by atoms with E-state index < -0.39 is 6.17 Å². The third-order valence-corrected chi connectivity index (χ3v) is 4.19. The molecule has 0 fully saturated rings. The summed E-state index contributed by atoms with van der Waals surface area (Å²) < 4.78 is 14.0. The van der Waals surface area contributed by atoms with Gasteiger partial charge in [-0.25, -0.2) is 4.39 Å². The molecule has 0 spiro atoms. The van der Waals surface area contributed by atoms with E-state index in [-0.39, 0.29) is 5.75 Å². The van der Waals surface area contributed by atoms with E-state index in [1.54, 1.807) is 24.3 Å². The number of phenols is 1. The molecule has 0 aliphatic rings. The van der Waals surface area contributed by atoms with Gasteiger partial charge in [-0.3, -0.25) is 0 Å². The molecule has 1 unspecified atom stereocenters. The first-order valence-corrected chi connectivity index (χ1v) is 7.79. The number of nitrogens with zero attached hydrogens (tertiary/aromatic N) is 2. The molecule has 3 nitrogen and oxygen atoms in total. The topological polar surface area (TPSA) is 46.0 Å². The molecule has 1 atom stereocenters. The molecule has 0 saturated heterocycles. The summed E-state index contributed by atoms with van der Waals surface area (Å²) in [6.07, 6.45) is 3.77. The largest absolute Gasteiger partial charge is 0.508 e. The molecule has 0 saturated carbocycles. The minimum Gasteiger partial charge on any atom is -0.508 e. The van der Waals surface area contributed by atoms with Gasteiger partial charge >= 0.3 is 0 Å². The van der Waals surface area contributed by atoms with Crippen LogP contribution in [0.5, 0.6) is 5.75 Å². The van der Waals surface area contributed by atoms with Crippen LogP contribution < -0.4 is 0 Å². The van der Waals surface area contributed by atoms with Crippen LogP contribution in [0.4, 0.5) is 4.39 Å². The highest BCUT2D eigenvalue weighted by molar-refractivity contribution is 7.14. The average Bonchev–Trinajstić information content (AvgIpc) is 2.94. The summed E-state index contributed by atoms with van der Waals surface area (Å²) in [6, 6.07) is 6.70. The number of phenolic OH excluding ortho intramolecular Hbond substituents is 1. The number of aromatic nitrogens is 2. The number of aromatic hydroxyl groups is 1. The Morgan fingerprint density at radius 2 is 1.90 bits per heavy atom. The molecule has 2 rings (SSSR count). The number of halogens is 1. The third-order valence-electron chi connectivity index (χ3n) is 3.13. The summed E-state index contributed by atoms with van der Waals surface area (Å²) >= 11 is 1.28. The van der Waals surface area contributed by atoms with Crippen molar-refractivity contribution in [1.29, 1.82) is 0 Å². The number of hydrogen-bond acceptors (Lipinski definition) is 4. The highest BCUT2D eigenvalue weighted by Crippen LogP contribution is 2.31. The SMILES string of the molecule is CCCCCCC(F)c1nnc(-c2ccc(O)cc2)s1. The van der Waals surface area contributed by atoms with E-state index >= 15 is 0 Å². The lowest BCUT2D eigenvalue weighted by atomic mass is 10.1. The van der Waals surface area contributed by atoms with Gasteiger partial charge in [0.25, 0.3) is 0 Å². The Morgan fingerprint density at radius 1 is 1.15 bits per heavy atom. The second kappa shape index (κ2) is 7.33. The number of benzene rings is 1. The zero-order chi connectivity index (χ0) is 14.4. The first-order valence-electron chi connectivity index (χ1n) is 6.97. The summed E-state index contributed by atoms with van der Waals surface area (Å²) in [6.45, 7) is 2.14. The van der Waals surface area contributed by atoms with E-state index in [2.05, 4.69) is 17.1 Å². The molecule has 0 bridgehead atoms. The van der Waals surface area contributed by atoms with Crippen molar-refractivity contribution in [3.63, 3.8) is 0 Å². The molecule has 108 valence electrons. The Kier molecular flexibility index (Phi) is 5.47. The van der Waals surface area contributed by atoms with E-state index in [1.807, 2.05) is 0 Å². The zero-order valence-corrected chi connectivity index (χ0v) is 12.4.